The van der Waals surface area contributed by atoms with Crippen LogP contribution in [0.15, 0.2) is 24.3 Å². The molecule has 0 radical (unpaired) electrons. The second-order valence-corrected chi connectivity index (χ2v) is 5.45. The molecule has 1 amide bonds. The number of aliphatic hydroxyl groups excluding tert-OH is 1. The third-order valence-corrected chi connectivity index (χ3v) is 3.59. The van der Waals surface area contributed by atoms with Crippen LogP contribution >= 0.6 is 0 Å². The molecule has 0 bridgehead atoms. The van der Waals surface area contributed by atoms with Gasteiger partial charge in [0.25, 0.3) is 0 Å². The zero-order valence-electron chi connectivity index (χ0n) is 14.0. The summed E-state index contributed by atoms with van der Waals surface area (Å²) in [5, 5.41) is 21.1. The summed E-state index contributed by atoms with van der Waals surface area (Å²) in [7, 11) is 1.56. The molecule has 1 rings (SSSR count). The number of methoxy groups -OCH3 is 1. The molecule has 0 saturated heterocycles. The van der Waals surface area contributed by atoms with E-state index in [0.717, 1.165) is 18.4 Å². The van der Waals surface area contributed by atoms with E-state index in [1.165, 1.54) is 0 Å². The van der Waals surface area contributed by atoms with Crippen molar-refractivity contribution in [1.82, 2.24) is 5.32 Å². The Kier molecular flexibility index (Phi) is 8.64. The van der Waals surface area contributed by atoms with E-state index in [9.17, 15) is 14.7 Å². The van der Waals surface area contributed by atoms with E-state index < -0.39 is 24.2 Å². The number of carboxylic acids is 1. The molecule has 2 atom stereocenters. The molecular weight excluding hydrogens is 314 g/mol. The number of aliphatic carboxylic acids is 1. The first kappa shape index (κ1) is 19.8. The predicted molar refractivity (Wildman–Crippen MR) is 87.9 cm³/mol. The number of carbonyl (C=O) groups is 2. The highest BCUT2D eigenvalue weighted by Crippen LogP contribution is 2.12. The van der Waals surface area contributed by atoms with Gasteiger partial charge < -0.3 is 25.0 Å². The van der Waals surface area contributed by atoms with E-state index in [1.54, 1.807) is 31.4 Å². The summed E-state index contributed by atoms with van der Waals surface area (Å²) < 4.78 is 10.1. The van der Waals surface area contributed by atoms with Crippen molar-refractivity contribution < 1.29 is 29.3 Å². The molecule has 0 aromatic heterocycles. The average molecular weight is 339 g/mol. The van der Waals surface area contributed by atoms with Crippen LogP contribution in [0.1, 0.15) is 38.2 Å². The van der Waals surface area contributed by atoms with Gasteiger partial charge in [-0.3, -0.25) is 0 Å². The van der Waals surface area contributed by atoms with Crippen molar-refractivity contribution in [3.8, 4) is 5.75 Å². The maximum Gasteiger partial charge on any atom is 0.407 e. The molecule has 0 spiro atoms. The van der Waals surface area contributed by atoms with Gasteiger partial charge in [0, 0.05) is 0 Å². The van der Waals surface area contributed by atoms with Crippen LogP contribution in [0.4, 0.5) is 4.79 Å². The number of unbranched alkanes of at least 4 members (excludes halogenated alkanes) is 2. The van der Waals surface area contributed by atoms with Crippen molar-refractivity contribution in [1.29, 1.82) is 0 Å². The van der Waals surface area contributed by atoms with Crippen molar-refractivity contribution in [3.05, 3.63) is 29.8 Å². The van der Waals surface area contributed by atoms with Gasteiger partial charge in [0.2, 0.25) is 0 Å². The quantitative estimate of drug-likeness (QED) is 0.565. The number of ether oxygens (including phenoxy) is 2. The highest BCUT2D eigenvalue weighted by Gasteiger charge is 2.27. The number of nitrogens with one attached hydrogen (secondary N) is 1. The van der Waals surface area contributed by atoms with Gasteiger partial charge in [-0.2, -0.15) is 0 Å². The summed E-state index contributed by atoms with van der Waals surface area (Å²) in [4.78, 5) is 22.8. The minimum absolute atomic E-state index is 0.0423. The van der Waals surface area contributed by atoms with Crippen LogP contribution in [0.5, 0.6) is 5.75 Å². The number of carbonyl (C=O) groups excluding carboxylic acids is 1. The molecule has 3 N–H and O–H groups in total. The Hall–Kier alpha value is -2.28. The average Bonchev–Trinajstić information content (AvgIpc) is 2.59. The van der Waals surface area contributed by atoms with Crippen LogP contribution in [0.3, 0.4) is 0 Å². The third kappa shape index (κ3) is 6.87. The summed E-state index contributed by atoms with van der Waals surface area (Å²) >= 11 is 0. The topological polar surface area (TPSA) is 105 Å². The maximum atomic E-state index is 11.8. The second kappa shape index (κ2) is 10.5. The number of aliphatic hydroxyl groups is 1. The van der Waals surface area contributed by atoms with Crippen molar-refractivity contribution in [3.63, 3.8) is 0 Å². The maximum absolute atomic E-state index is 11.8. The van der Waals surface area contributed by atoms with Gasteiger partial charge in [0.15, 0.2) is 6.10 Å². The molecule has 1 aromatic rings. The summed E-state index contributed by atoms with van der Waals surface area (Å²) in [5.41, 5.74) is 0.771. The smallest absolute Gasteiger partial charge is 0.407 e. The Morgan fingerprint density at radius 3 is 2.42 bits per heavy atom. The number of carboxylic acid groups (broad SMARTS) is 1. The lowest BCUT2D eigenvalue weighted by Gasteiger charge is -2.21. The number of hydrogen-bond donors (Lipinski definition) is 3. The summed E-state index contributed by atoms with van der Waals surface area (Å²) in [6, 6.07) is 6.14. The van der Waals surface area contributed by atoms with Crippen LogP contribution < -0.4 is 10.1 Å². The number of rotatable bonds is 10. The zero-order valence-corrected chi connectivity index (χ0v) is 14.0. The number of alkyl carbamates (subject to hydrolysis) is 1. The van der Waals surface area contributed by atoms with Crippen molar-refractivity contribution in [2.24, 2.45) is 0 Å². The molecule has 0 unspecified atom stereocenters. The van der Waals surface area contributed by atoms with Gasteiger partial charge in [-0.15, -0.1) is 0 Å². The fraction of sp³-hybridized carbons (Fsp3) is 0.529. The normalized spacial score (nSPS) is 13.0. The molecule has 0 heterocycles. The Labute approximate surface area is 141 Å². The second-order valence-electron chi connectivity index (χ2n) is 5.45. The lowest BCUT2D eigenvalue weighted by atomic mass is 10.0. The molecule has 0 fully saturated rings. The largest absolute Gasteiger partial charge is 0.497 e. The van der Waals surface area contributed by atoms with Crippen LogP contribution in [0, 0.1) is 0 Å². The Morgan fingerprint density at radius 2 is 1.88 bits per heavy atom. The van der Waals surface area contributed by atoms with E-state index in [4.69, 9.17) is 14.6 Å². The first-order valence-electron chi connectivity index (χ1n) is 7.95. The van der Waals surface area contributed by atoms with Crippen molar-refractivity contribution in [2.45, 2.75) is 51.4 Å². The molecule has 24 heavy (non-hydrogen) atoms. The fourth-order valence-electron chi connectivity index (χ4n) is 2.16. The van der Waals surface area contributed by atoms with Gasteiger partial charge in [0.1, 0.15) is 12.4 Å². The third-order valence-electron chi connectivity index (χ3n) is 3.59. The monoisotopic (exact) mass is 339 g/mol. The SMILES string of the molecule is CCCCC[C@@H](NC(=O)OCc1ccc(OC)cc1)[C@H](O)C(=O)O. The number of benzene rings is 1. The van der Waals surface area contributed by atoms with Gasteiger partial charge in [-0.1, -0.05) is 38.3 Å². The minimum Gasteiger partial charge on any atom is -0.497 e. The van der Waals surface area contributed by atoms with Gasteiger partial charge in [-0.05, 0) is 24.1 Å². The summed E-state index contributed by atoms with van der Waals surface area (Å²) in [6.45, 7) is 2.06. The highest BCUT2D eigenvalue weighted by atomic mass is 16.5. The lowest BCUT2D eigenvalue weighted by molar-refractivity contribution is -0.148. The Balaban J connectivity index is 2.51. The molecule has 134 valence electrons. The van der Waals surface area contributed by atoms with Gasteiger partial charge >= 0.3 is 12.1 Å². The van der Waals surface area contributed by atoms with E-state index in [2.05, 4.69) is 5.32 Å². The van der Waals surface area contributed by atoms with Crippen molar-refractivity contribution >= 4 is 12.1 Å². The molecule has 1 aromatic carbocycles. The van der Waals surface area contributed by atoms with Gasteiger partial charge in [-0.25, -0.2) is 9.59 Å². The molecule has 0 aliphatic rings. The predicted octanol–water partition coefficient (Wildman–Crippen LogP) is 2.32. The van der Waals surface area contributed by atoms with Crippen LogP contribution in [-0.4, -0.2) is 41.5 Å². The first-order chi connectivity index (χ1) is 11.5. The molecule has 7 nitrogen and oxygen atoms in total. The van der Waals surface area contributed by atoms with E-state index in [0.29, 0.717) is 18.6 Å². The molecule has 0 aliphatic heterocycles. The van der Waals surface area contributed by atoms with Crippen LogP contribution in [0.2, 0.25) is 0 Å². The number of hydrogen-bond acceptors (Lipinski definition) is 5. The standard InChI is InChI=1S/C17H25NO6/c1-3-4-5-6-14(15(19)16(20)21)18-17(22)24-11-12-7-9-13(23-2)10-8-12/h7-10,14-15,19H,3-6,11H2,1-2H3,(H,18,22)(H,20,21)/t14-,15+/m1/s1. The molecular formula is C17H25NO6. The molecule has 7 heteroatoms. The fourth-order valence-corrected chi connectivity index (χ4v) is 2.16. The van der Waals surface area contributed by atoms with Gasteiger partial charge in [0.05, 0.1) is 13.2 Å². The summed E-state index contributed by atoms with van der Waals surface area (Å²) in [6.07, 6.45) is 0.523. The highest BCUT2D eigenvalue weighted by molar-refractivity contribution is 5.75. The zero-order chi connectivity index (χ0) is 17.9. The Bertz CT molecular complexity index is 516. The van der Waals surface area contributed by atoms with Crippen LogP contribution in [0.25, 0.3) is 0 Å². The first-order valence-corrected chi connectivity index (χ1v) is 7.95. The molecule has 0 aliphatic carbocycles. The van der Waals surface area contributed by atoms with E-state index >= 15 is 0 Å². The van der Waals surface area contributed by atoms with Crippen LogP contribution in [-0.2, 0) is 16.1 Å². The van der Waals surface area contributed by atoms with E-state index in [-0.39, 0.29) is 6.61 Å². The Morgan fingerprint density at radius 1 is 1.21 bits per heavy atom. The summed E-state index contributed by atoms with van der Waals surface area (Å²) in [5.74, 6) is -0.671. The minimum atomic E-state index is -1.66. The van der Waals surface area contributed by atoms with Crippen molar-refractivity contribution in [2.75, 3.05) is 7.11 Å². The number of amides is 1. The van der Waals surface area contributed by atoms with E-state index in [1.807, 2.05) is 6.92 Å². The molecule has 0 saturated carbocycles. The lowest BCUT2D eigenvalue weighted by Crippen LogP contribution is -2.47.